The highest BCUT2D eigenvalue weighted by atomic mass is 79.9. The van der Waals surface area contributed by atoms with Crippen molar-refractivity contribution in [1.82, 2.24) is 0 Å². The highest BCUT2D eigenvalue weighted by Crippen LogP contribution is 2.31. The smallest absolute Gasteiger partial charge is 0.119 e. The monoisotopic (exact) mass is 386 g/mol. The maximum Gasteiger partial charge on any atom is 0.119 e. The van der Waals surface area contributed by atoms with Crippen molar-refractivity contribution in [3.8, 4) is 16.9 Å². The van der Waals surface area contributed by atoms with Crippen LogP contribution in [-0.4, -0.2) is 7.11 Å². The Morgan fingerprint density at radius 3 is 2.57 bits per heavy atom. The quantitative estimate of drug-likeness (QED) is 0.505. The Bertz CT molecular complexity index is 829. The number of halogens is 2. The third kappa shape index (κ3) is 3.95. The lowest BCUT2D eigenvalue weighted by Crippen LogP contribution is -1.93. The zero-order valence-corrected chi connectivity index (χ0v) is 15.1. The number of benzene rings is 3. The molecule has 0 radical (unpaired) electrons. The van der Waals surface area contributed by atoms with Gasteiger partial charge in [-0.2, -0.15) is 0 Å². The molecule has 0 aliphatic rings. The third-order valence-corrected chi connectivity index (χ3v) is 4.46. The first-order valence-corrected chi connectivity index (χ1v) is 8.50. The normalized spacial score (nSPS) is 10.6. The summed E-state index contributed by atoms with van der Waals surface area (Å²) < 4.78 is 6.42. The first-order valence-electron chi connectivity index (χ1n) is 7.33. The van der Waals surface area contributed by atoms with Gasteiger partial charge in [0.05, 0.1) is 7.11 Å². The number of ether oxygens (including phenoxy) is 1. The van der Waals surface area contributed by atoms with E-state index in [-0.39, 0.29) is 0 Å². The first kappa shape index (κ1) is 16.1. The molecule has 0 saturated carbocycles. The molecule has 0 N–H and O–H groups in total. The predicted octanol–water partition coefficient (Wildman–Crippen LogP) is 6.37. The Hall–Kier alpha value is -1.77. The molecule has 0 heterocycles. The second kappa shape index (κ2) is 7.20. The molecule has 3 aromatic rings. The maximum atomic E-state index is 6.23. The van der Waals surface area contributed by atoms with Crippen molar-refractivity contribution >= 4 is 27.5 Å². The lowest BCUT2D eigenvalue weighted by Gasteiger charge is -2.12. The van der Waals surface area contributed by atoms with E-state index in [2.05, 4.69) is 46.3 Å². The molecule has 116 valence electrons. The Balaban J connectivity index is 2.04. The molecule has 0 bridgehead atoms. The summed E-state index contributed by atoms with van der Waals surface area (Å²) in [5.74, 6) is 0.853. The summed E-state index contributed by atoms with van der Waals surface area (Å²) in [5.41, 5.74) is 4.74. The largest absolute Gasteiger partial charge is 0.497 e. The van der Waals surface area contributed by atoms with Gasteiger partial charge in [0.2, 0.25) is 0 Å². The Morgan fingerprint density at radius 1 is 0.957 bits per heavy atom. The van der Waals surface area contributed by atoms with Crippen LogP contribution in [0.2, 0.25) is 5.02 Å². The summed E-state index contributed by atoms with van der Waals surface area (Å²) in [6.07, 6.45) is 0.826. The van der Waals surface area contributed by atoms with Gasteiger partial charge in [-0.05, 0) is 65.1 Å². The molecule has 0 saturated heterocycles. The van der Waals surface area contributed by atoms with Crippen molar-refractivity contribution in [2.45, 2.75) is 6.42 Å². The molecule has 0 amide bonds. The minimum Gasteiger partial charge on any atom is -0.497 e. The summed E-state index contributed by atoms with van der Waals surface area (Å²) in [5, 5.41) is 0.752. The molecule has 3 aromatic carbocycles. The Kier molecular flexibility index (Phi) is 5.04. The molecule has 3 rings (SSSR count). The molecular weight excluding hydrogens is 372 g/mol. The van der Waals surface area contributed by atoms with Crippen molar-refractivity contribution < 1.29 is 4.74 Å². The van der Waals surface area contributed by atoms with Crippen LogP contribution < -0.4 is 4.74 Å². The predicted molar refractivity (Wildman–Crippen MR) is 100 cm³/mol. The van der Waals surface area contributed by atoms with E-state index in [0.29, 0.717) is 0 Å². The summed E-state index contributed by atoms with van der Waals surface area (Å²) >= 11 is 9.76. The summed E-state index contributed by atoms with van der Waals surface area (Å²) in [6.45, 7) is 0. The lowest BCUT2D eigenvalue weighted by atomic mass is 9.95. The zero-order chi connectivity index (χ0) is 16.2. The van der Waals surface area contributed by atoms with Crippen LogP contribution >= 0.6 is 27.5 Å². The second-order valence-electron chi connectivity index (χ2n) is 5.34. The fraction of sp³-hybridized carbons (Fsp3) is 0.100. The van der Waals surface area contributed by atoms with Gasteiger partial charge in [-0.15, -0.1) is 0 Å². The van der Waals surface area contributed by atoms with Gasteiger partial charge >= 0.3 is 0 Å². The zero-order valence-electron chi connectivity index (χ0n) is 12.7. The van der Waals surface area contributed by atoms with Crippen molar-refractivity contribution in [3.63, 3.8) is 0 Å². The second-order valence-corrected chi connectivity index (χ2v) is 6.69. The number of hydrogen-bond acceptors (Lipinski definition) is 1. The van der Waals surface area contributed by atoms with Crippen LogP contribution in [0.3, 0.4) is 0 Å². The third-order valence-electron chi connectivity index (χ3n) is 3.73. The molecule has 0 fully saturated rings. The van der Waals surface area contributed by atoms with E-state index in [0.717, 1.165) is 27.2 Å². The average Bonchev–Trinajstić information content (AvgIpc) is 2.55. The molecule has 3 heteroatoms. The van der Waals surface area contributed by atoms with E-state index in [1.165, 1.54) is 16.7 Å². The Labute approximate surface area is 150 Å². The van der Waals surface area contributed by atoms with Gasteiger partial charge in [-0.1, -0.05) is 57.9 Å². The van der Waals surface area contributed by atoms with E-state index in [1.54, 1.807) is 7.11 Å². The summed E-state index contributed by atoms with van der Waals surface area (Å²) in [4.78, 5) is 0. The van der Waals surface area contributed by atoms with Gasteiger partial charge in [0.15, 0.2) is 0 Å². The SMILES string of the molecule is COc1cccc(-c2ccc(Cl)cc2Cc2cccc(Br)c2)c1. The lowest BCUT2D eigenvalue weighted by molar-refractivity contribution is 0.415. The molecule has 1 nitrogen and oxygen atoms in total. The first-order chi connectivity index (χ1) is 11.2. The van der Waals surface area contributed by atoms with Crippen molar-refractivity contribution in [2.24, 2.45) is 0 Å². The molecule has 0 aromatic heterocycles. The standard InChI is InChI=1S/C20H16BrClO/c1-23-19-7-3-5-15(13-19)20-9-8-18(22)12-16(20)10-14-4-2-6-17(21)11-14/h2-9,11-13H,10H2,1H3. The van der Waals surface area contributed by atoms with E-state index >= 15 is 0 Å². The van der Waals surface area contributed by atoms with E-state index in [4.69, 9.17) is 16.3 Å². The highest BCUT2D eigenvalue weighted by Gasteiger charge is 2.08. The van der Waals surface area contributed by atoms with Gasteiger partial charge in [0, 0.05) is 9.50 Å². The van der Waals surface area contributed by atoms with Gasteiger partial charge in [0.25, 0.3) is 0 Å². The topological polar surface area (TPSA) is 9.23 Å². The Morgan fingerprint density at radius 2 is 1.78 bits per heavy atom. The van der Waals surface area contributed by atoms with Crippen molar-refractivity contribution in [3.05, 3.63) is 87.4 Å². The fourth-order valence-corrected chi connectivity index (χ4v) is 3.29. The van der Waals surface area contributed by atoms with E-state index in [9.17, 15) is 0 Å². The fourth-order valence-electron chi connectivity index (χ4n) is 2.65. The molecule has 0 unspecified atom stereocenters. The number of hydrogen-bond donors (Lipinski definition) is 0. The van der Waals surface area contributed by atoms with E-state index < -0.39 is 0 Å². The van der Waals surface area contributed by atoms with Crippen LogP contribution in [0.1, 0.15) is 11.1 Å². The van der Waals surface area contributed by atoms with Crippen LogP contribution in [0.25, 0.3) is 11.1 Å². The van der Waals surface area contributed by atoms with Crippen LogP contribution in [0, 0.1) is 0 Å². The molecule has 0 atom stereocenters. The van der Waals surface area contributed by atoms with Crippen molar-refractivity contribution in [1.29, 1.82) is 0 Å². The van der Waals surface area contributed by atoms with Gasteiger partial charge in [-0.3, -0.25) is 0 Å². The molecule has 0 spiro atoms. The molecular formula is C20H16BrClO. The van der Waals surface area contributed by atoms with Gasteiger partial charge < -0.3 is 4.74 Å². The van der Waals surface area contributed by atoms with Crippen molar-refractivity contribution in [2.75, 3.05) is 7.11 Å². The summed E-state index contributed by atoms with van der Waals surface area (Å²) in [6, 6.07) is 22.5. The average molecular weight is 388 g/mol. The maximum absolute atomic E-state index is 6.23. The number of rotatable bonds is 4. The molecule has 0 aliphatic carbocycles. The van der Waals surface area contributed by atoms with Gasteiger partial charge in [-0.25, -0.2) is 0 Å². The van der Waals surface area contributed by atoms with Crippen LogP contribution in [0.15, 0.2) is 71.2 Å². The van der Waals surface area contributed by atoms with Crippen LogP contribution in [0.4, 0.5) is 0 Å². The van der Waals surface area contributed by atoms with Crippen LogP contribution in [-0.2, 0) is 6.42 Å². The molecule has 23 heavy (non-hydrogen) atoms. The number of methoxy groups -OCH3 is 1. The highest BCUT2D eigenvalue weighted by molar-refractivity contribution is 9.10. The van der Waals surface area contributed by atoms with Gasteiger partial charge in [0.1, 0.15) is 5.75 Å². The van der Waals surface area contributed by atoms with Crippen LogP contribution in [0.5, 0.6) is 5.75 Å². The minimum atomic E-state index is 0.752. The summed E-state index contributed by atoms with van der Waals surface area (Å²) in [7, 11) is 1.68. The molecule has 0 aliphatic heterocycles. The minimum absolute atomic E-state index is 0.752. The van der Waals surface area contributed by atoms with E-state index in [1.807, 2.05) is 36.4 Å².